The van der Waals surface area contributed by atoms with E-state index in [0.717, 1.165) is 32.8 Å². The van der Waals surface area contributed by atoms with Crippen LogP contribution in [0.3, 0.4) is 0 Å². The minimum atomic E-state index is 0.750. The molecule has 4 heteroatoms. The van der Waals surface area contributed by atoms with Crippen molar-refractivity contribution in [2.75, 3.05) is 40.5 Å². The molecule has 0 atom stereocenters. The van der Waals surface area contributed by atoms with Gasteiger partial charge in [0.25, 0.3) is 0 Å². The van der Waals surface area contributed by atoms with E-state index >= 15 is 0 Å². The van der Waals surface area contributed by atoms with Crippen molar-refractivity contribution in [2.45, 2.75) is 38.5 Å². The molecule has 2 rings (SSSR count). The molecule has 0 unspecified atom stereocenters. The van der Waals surface area contributed by atoms with Gasteiger partial charge in [-0.3, -0.25) is 4.79 Å². The summed E-state index contributed by atoms with van der Waals surface area (Å²) >= 11 is 0. The highest BCUT2D eigenvalue weighted by atomic mass is 16.5. The monoisotopic (exact) mass is 245 g/mol. The lowest BCUT2D eigenvalue weighted by Crippen LogP contribution is -2.06. The van der Waals surface area contributed by atoms with Crippen molar-refractivity contribution in [3.8, 4) is 0 Å². The van der Waals surface area contributed by atoms with Gasteiger partial charge in [0, 0.05) is 40.5 Å². The number of carbonyl (C=O) groups excluding carboxylic acids is 1. The van der Waals surface area contributed by atoms with Crippen LogP contribution in [0.5, 0.6) is 0 Å². The van der Waals surface area contributed by atoms with Gasteiger partial charge in [0.2, 0.25) is 6.41 Å². The Hall–Kier alpha value is -0.610. The number of rotatable bonds is 1. The third kappa shape index (κ3) is 15.4. The largest absolute Gasteiger partial charge is 0.381 e. The molecule has 2 aliphatic rings. The van der Waals surface area contributed by atoms with E-state index in [1.807, 2.05) is 0 Å². The molecule has 2 aliphatic heterocycles. The Labute approximate surface area is 105 Å². The normalized spacial score (nSPS) is 18.9. The number of carbonyl (C=O) groups is 1. The Morgan fingerprint density at radius 2 is 1.06 bits per heavy atom. The SMILES string of the molecule is C1CCOCC1.C1CCOCC1.CN(C)C=O. The van der Waals surface area contributed by atoms with Gasteiger partial charge in [-0.25, -0.2) is 0 Å². The van der Waals surface area contributed by atoms with Crippen LogP contribution in [0.25, 0.3) is 0 Å². The maximum atomic E-state index is 9.43. The highest BCUT2D eigenvalue weighted by Crippen LogP contribution is 2.02. The summed E-state index contributed by atoms with van der Waals surface area (Å²) in [5.74, 6) is 0. The fraction of sp³-hybridized carbons (Fsp3) is 0.923. The summed E-state index contributed by atoms with van der Waals surface area (Å²) in [5.41, 5.74) is 0. The molecule has 0 aromatic heterocycles. The van der Waals surface area contributed by atoms with Crippen molar-refractivity contribution in [2.24, 2.45) is 0 Å². The molecule has 17 heavy (non-hydrogen) atoms. The van der Waals surface area contributed by atoms with Crippen molar-refractivity contribution in [1.82, 2.24) is 4.90 Å². The van der Waals surface area contributed by atoms with Crippen LogP contribution in [0.1, 0.15) is 38.5 Å². The number of hydrogen-bond acceptors (Lipinski definition) is 3. The van der Waals surface area contributed by atoms with Crippen LogP contribution in [-0.4, -0.2) is 51.8 Å². The summed E-state index contributed by atoms with van der Waals surface area (Å²) in [7, 11) is 3.38. The molecular formula is C13H27NO3. The highest BCUT2D eigenvalue weighted by molar-refractivity contribution is 5.45. The van der Waals surface area contributed by atoms with Crippen LogP contribution >= 0.6 is 0 Å². The van der Waals surface area contributed by atoms with Crippen LogP contribution in [0.2, 0.25) is 0 Å². The Bertz CT molecular complexity index is 120. The summed E-state index contributed by atoms with van der Waals surface area (Å²) in [6.07, 6.45) is 8.61. The molecule has 4 nitrogen and oxygen atoms in total. The van der Waals surface area contributed by atoms with Crippen LogP contribution < -0.4 is 0 Å². The van der Waals surface area contributed by atoms with E-state index in [1.165, 1.54) is 43.4 Å². The summed E-state index contributed by atoms with van der Waals surface area (Å²) in [5, 5.41) is 0. The first-order valence-electron chi connectivity index (χ1n) is 6.54. The van der Waals surface area contributed by atoms with E-state index in [-0.39, 0.29) is 0 Å². The molecule has 0 aromatic rings. The van der Waals surface area contributed by atoms with Crippen LogP contribution in [0, 0.1) is 0 Å². The molecule has 0 radical (unpaired) electrons. The first kappa shape index (κ1) is 16.4. The Kier molecular flexibility index (Phi) is 13.0. The van der Waals surface area contributed by atoms with Crippen molar-refractivity contribution >= 4 is 6.41 Å². The van der Waals surface area contributed by atoms with Crippen LogP contribution in [0.15, 0.2) is 0 Å². The third-order valence-electron chi connectivity index (χ3n) is 2.37. The molecule has 2 heterocycles. The van der Waals surface area contributed by atoms with Crippen molar-refractivity contribution < 1.29 is 14.3 Å². The quantitative estimate of drug-likeness (QED) is 0.664. The molecule has 0 saturated carbocycles. The molecule has 0 aliphatic carbocycles. The van der Waals surface area contributed by atoms with E-state index in [9.17, 15) is 4.79 Å². The fourth-order valence-corrected chi connectivity index (χ4v) is 1.37. The van der Waals surface area contributed by atoms with Crippen molar-refractivity contribution in [3.63, 3.8) is 0 Å². The number of nitrogens with zero attached hydrogens (tertiary/aromatic N) is 1. The lowest BCUT2D eigenvalue weighted by molar-refractivity contribution is -0.115. The van der Waals surface area contributed by atoms with Gasteiger partial charge < -0.3 is 14.4 Å². The fourth-order valence-electron chi connectivity index (χ4n) is 1.37. The highest BCUT2D eigenvalue weighted by Gasteiger charge is 1.95. The van der Waals surface area contributed by atoms with Gasteiger partial charge >= 0.3 is 0 Å². The van der Waals surface area contributed by atoms with Gasteiger partial charge in [0.1, 0.15) is 0 Å². The average molecular weight is 245 g/mol. The Balaban J connectivity index is 0.000000228. The van der Waals surface area contributed by atoms with E-state index in [2.05, 4.69) is 0 Å². The topological polar surface area (TPSA) is 38.8 Å². The minimum absolute atomic E-state index is 0.750. The van der Waals surface area contributed by atoms with Crippen LogP contribution in [0.4, 0.5) is 0 Å². The summed E-state index contributed by atoms with van der Waals surface area (Å²) in [6, 6.07) is 0. The zero-order valence-corrected chi connectivity index (χ0v) is 11.3. The Morgan fingerprint density at radius 1 is 0.765 bits per heavy atom. The van der Waals surface area contributed by atoms with E-state index < -0.39 is 0 Å². The molecule has 2 saturated heterocycles. The molecule has 1 amide bonds. The molecule has 0 bridgehead atoms. The van der Waals surface area contributed by atoms with Gasteiger partial charge in [-0.2, -0.15) is 0 Å². The zero-order chi connectivity index (χ0) is 12.8. The van der Waals surface area contributed by atoms with Crippen molar-refractivity contribution in [3.05, 3.63) is 0 Å². The number of amides is 1. The predicted molar refractivity (Wildman–Crippen MR) is 69.1 cm³/mol. The molecule has 0 spiro atoms. The first-order chi connectivity index (χ1) is 8.27. The average Bonchev–Trinajstić information content (AvgIpc) is 2.44. The summed E-state index contributed by atoms with van der Waals surface area (Å²) in [4.78, 5) is 10.9. The van der Waals surface area contributed by atoms with E-state index in [4.69, 9.17) is 9.47 Å². The molecule has 2 fully saturated rings. The third-order valence-corrected chi connectivity index (χ3v) is 2.37. The maximum absolute atomic E-state index is 9.43. The predicted octanol–water partition coefficient (Wildman–Crippen LogP) is 2.08. The van der Waals surface area contributed by atoms with Gasteiger partial charge in [-0.15, -0.1) is 0 Å². The lowest BCUT2D eigenvalue weighted by Gasteiger charge is -2.08. The standard InChI is InChI=1S/2C5H10O.C3H7NO/c2*1-2-4-6-5-3-1;1-4(2)3-5/h2*1-5H2;3H,1-2H3. The minimum Gasteiger partial charge on any atom is -0.381 e. The molecule has 0 N–H and O–H groups in total. The zero-order valence-electron chi connectivity index (χ0n) is 11.3. The smallest absolute Gasteiger partial charge is 0.209 e. The Morgan fingerprint density at radius 3 is 1.12 bits per heavy atom. The summed E-state index contributed by atoms with van der Waals surface area (Å²) in [6.45, 7) is 4.00. The number of hydrogen-bond donors (Lipinski definition) is 0. The second kappa shape index (κ2) is 13.5. The van der Waals surface area contributed by atoms with Gasteiger partial charge in [0.15, 0.2) is 0 Å². The van der Waals surface area contributed by atoms with Crippen LogP contribution in [-0.2, 0) is 14.3 Å². The second-order valence-electron chi connectivity index (χ2n) is 4.42. The lowest BCUT2D eigenvalue weighted by atomic mass is 10.2. The van der Waals surface area contributed by atoms with Gasteiger partial charge in [-0.1, -0.05) is 0 Å². The van der Waals surface area contributed by atoms with E-state index in [1.54, 1.807) is 14.1 Å². The first-order valence-corrected chi connectivity index (χ1v) is 6.54. The van der Waals surface area contributed by atoms with Crippen molar-refractivity contribution in [1.29, 1.82) is 0 Å². The van der Waals surface area contributed by atoms with Gasteiger partial charge in [-0.05, 0) is 38.5 Å². The molecule has 102 valence electrons. The molecule has 0 aromatic carbocycles. The van der Waals surface area contributed by atoms with Gasteiger partial charge in [0.05, 0.1) is 0 Å². The molecular weight excluding hydrogens is 218 g/mol. The van der Waals surface area contributed by atoms with E-state index in [0.29, 0.717) is 0 Å². The maximum Gasteiger partial charge on any atom is 0.209 e. The summed E-state index contributed by atoms with van der Waals surface area (Å²) < 4.78 is 10.1. The second-order valence-corrected chi connectivity index (χ2v) is 4.42. The number of ether oxygens (including phenoxy) is 2.